The molecule has 0 radical (unpaired) electrons. The van der Waals surface area contributed by atoms with E-state index < -0.39 is 5.41 Å². The van der Waals surface area contributed by atoms with Gasteiger partial charge in [0, 0.05) is 5.41 Å². The summed E-state index contributed by atoms with van der Waals surface area (Å²) in [6, 6.07) is 13.0. The van der Waals surface area contributed by atoms with Crippen LogP contribution < -0.4 is 0 Å². The Morgan fingerprint density at radius 1 is 1.05 bits per heavy atom. The van der Waals surface area contributed by atoms with Crippen molar-refractivity contribution in [2.75, 3.05) is 0 Å². The predicted molar refractivity (Wildman–Crippen MR) is 82.3 cm³/mol. The lowest BCUT2D eigenvalue weighted by molar-refractivity contribution is 0.0855. The van der Waals surface area contributed by atoms with E-state index >= 15 is 0 Å². The summed E-state index contributed by atoms with van der Waals surface area (Å²) >= 11 is 6.06. The third-order valence-electron chi connectivity index (χ3n) is 3.10. The SMILES string of the molecule is CC(C)(C)C(=O)c1cc(-c2ccccc2)cc(Cl)c1O. The number of phenols is 1. The first-order valence-electron chi connectivity index (χ1n) is 6.43. The van der Waals surface area contributed by atoms with E-state index in [1.165, 1.54) is 0 Å². The van der Waals surface area contributed by atoms with Crippen molar-refractivity contribution in [2.24, 2.45) is 5.41 Å². The maximum atomic E-state index is 12.4. The Morgan fingerprint density at radius 3 is 2.20 bits per heavy atom. The summed E-state index contributed by atoms with van der Waals surface area (Å²) < 4.78 is 0. The second kappa shape index (κ2) is 5.29. The van der Waals surface area contributed by atoms with Crippen molar-refractivity contribution in [1.29, 1.82) is 0 Å². The Hall–Kier alpha value is -1.80. The number of carbonyl (C=O) groups is 1. The third kappa shape index (κ3) is 2.86. The number of phenolic OH excluding ortho intramolecular Hbond substituents is 1. The van der Waals surface area contributed by atoms with E-state index in [-0.39, 0.29) is 22.1 Å². The van der Waals surface area contributed by atoms with Crippen molar-refractivity contribution in [1.82, 2.24) is 0 Å². The van der Waals surface area contributed by atoms with E-state index in [4.69, 9.17) is 11.6 Å². The molecule has 0 bridgehead atoms. The molecule has 0 aliphatic heterocycles. The summed E-state index contributed by atoms with van der Waals surface area (Å²) in [6.45, 7) is 5.45. The summed E-state index contributed by atoms with van der Waals surface area (Å²) in [4.78, 5) is 12.4. The molecule has 0 saturated heterocycles. The molecular weight excluding hydrogens is 272 g/mol. The highest BCUT2D eigenvalue weighted by Crippen LogP contribution is 2.36. The number of ketones is 1. The molecule has 0 aliphatic rings. The smallest absolute Gasteiger partial charge is 0.171 e. The molecule has 20 heavy (non-hydrogen) atoms. The standard InChI is InChI=1S/C17H17ClO2/c1-17(2,3)16(20)13-9-12(10-14(18)15(13)19)11-7-5-4-6-8-11/h4-10,19H,1-3H3. The van der Waals surface area contributed by atoms with Crippen LogP contribution in [-0.4, -0.2) is 10.9 Å². The monoisotopic (exact) mass is 288 g/mol. The van der Waals surface area contributed by atoms with Crippen LogP contribution in [0.5, 0.6) is 5.75 Å². The Kier molecular flexibility index (Phi) is 3.87. The molecule has 3 heteroatoms. The quantitative estimate of drug-likeness (QED) is 0.795. The van der Waals surface area contributed by atoms with Gasteiger partial charge in [-0.05, 0) is 23.3 Å². The average molecular weight is 289 g/mol. The van der Waals surface area contributed by atoms with Gasteiger partial charge in [0.05, 0.1) is 10.6 Å². The highest BCUT2D eigenvalue weighted by Gasteiger charge is 2.26. The first-order chi connectivity index (χ1) is 9.30. The van der Waals surface area contributed by atoms with Crippen LogP contribution in [0.25, 0.3) is 11.1 Å². The zero-order valence-electron chi connectivity index (χ0n) is 11.8. The minimum absolute atomic E-state index is 0.130. The molecule has 0 fully saturated rings. The van der Waals surface area contributed by atoms with E-state index in [2.05, 4.69) is 0 Å². The second-order valence-corrected chi connectivity index (χ2v) is 6.21. The van der Waals surface area contributed by atoms with Crippen molar-refractivity contribution >= 4 is 17.4 Å². The lowest BCUT2D eigenvalue weighted by Gasteiger charge is -2.18. The molecule has 1 N–H and O–H groups in total. The van der Waals surface area contributed by atoms with Crippen LogP contribution in [0.1, 0.15) is 31.1 Å². The number of Topliss-reactive ketones (excluding diaryl/α,β-unsaturated/α-hetero) is 1. The molecule has 2 aromatic rings. The van der Waals surface area contributed by atoms with Crippen LogP contribution in [0.15, 0.2) is 42.5 Å². The first-order valence-corrected chi connectivity index (χ1v) is 6.81. The number of hydrogen-bond donors (Lipinski definition) is 1. The van der Waals surface area contributed by atoms with E-state index in [9.17, 15) is 9.90 Å². The van der Waals surface area contributed by atoms with E-state index in [0.717, 1.165) is 11.1 Å². The first kappa shape index (κ1) is 14.6. The van der Waals surface area contributed by atoms with Crippen LogP contribution in [0, 0.1) is 5.41 Å². The Morgan fingerprint density at radius 2 is 1.65 bits per heavy atom. The molecule has 104 valence electrons. The van der Waals surface area contributed by atoms with Crippen molar-refractivity contribution in [2.45, 2.75) is 20.8 Å². The number of carbonyl (C=O) groups excluding carboxylic acids is 1. The van der Waals surface area contributed by atoms with Crippen LogP contribution in [0.4, 0.5) is 0 Å². The third-order valence-corrected chi connectivity index (χ3v) is 3.38. The average Bonchev–Trinajstić information content (AvgIpc) is 2.41. The van der Waals surface area contributed by atoms with Gasteiger partial charge in [0.25, 0.3) is 0 Å². The molecule has 0 unspecified atom stereocenters. The zero-order chi connectivity index (χ0) is 14.9. The fraction of sp³-hybridized carbons (Fsp3) is 0.235. The minimum Gasteiger partial charge on any atom is -0.506 e. The number of benzene rings is 2. The van der Waals surface area contributed by atoms with Gasteiger partial charge in [-0.2, -0.15) is 0 Å². The largest absolute Gasteiger partial charge is 0.506 e. The number of aromatic hydroxyl groups is 1. The fourth-order valence-electron chi connectivity index (χ4n) is 1.97. The van der Waals surface area contributed by atoms with Gasteiger partial charge in [-0.1, -0.05) is 62.7 Å². The Balaban J connectivity index is 2.60. The van der Waals surface area contributed by atoms with E-state index in [1.807, 2.05) is 51.1 Å². The fourth-order valence-corrected chi connectivity index (χ4v) is 2.19. The van der Waals surface area contributed by atoms with Crippen LogP contribution in [-0.2, 0) is 0 Å². The molecule has 0 aliphatic carbocycles. The van der Waals surface area contributed by atoms with Gasteiger partial charge in [0.1, 0.15) is 5.75 Å². The number of hydrogen-bond acceptors (Lipinski definition) is 2. The van der Waals surface area contributed by atoms with Gasteiger partial charge < -0.3 is 5.11 Å². The topological polar surface area (TPSA) is 37.3 Å². The Labute approximate surface area is 124 Å². The zero-order valence-corrected chi connectivity index (χ0v) is 12.5. The molecule has 0 amide bonds. The summed E-state index contributed by atoms with van der Waals surface area (Å²) in [5, 5.41) is 10.2. The van der Waals surface area contributed by atoms with Gasteiger partial charge >= 0.3 is 0 Å². The summed E-state index contributed by atoms with van der Waals surface area (Å²) in [7, 11) is 0. The van der Waals surface area contributed by atoms with Crippen LogP contribution in [0.3, 0.4) is 0 Å². The molecule has 0 aromatic heterocycles. The lowest BCUT2D eigenvalue weighted by atomic mass is 9.85. The predicted octanol–water partition coefficient (Wildman–Crippen LogP) is 4.94. The molecule has 0 heterocycles. The second-order valence-electron chi connectivity index (χ2n) is 5.80. The van der Waals surface area contributed by atoms with Crippen molar-refractivity contribution in [3.05, 3.63) is 53.1 Å². The summed E-state index contributed by atoms with van der Waals surface area (Å²) in [5.41, 5.74) is 1.47. The summed E-state index contributed by atoms with van der Waals surface area (Å²) in [6.07, 6.45) is 0. The van der Waals surface area contributed by atoms with Crippen molar-refractivity contribution < 1.29 is 9.90 Å². The van der Waals surface area contributed by atoms with E-state index in [1.54, 1.807) is 12.1 Å². The molecule has 2 nitrogen and oxygen atoms in total. The molecule has 0 atom stereocenters. The normalized spacial score (nSPS) is 11.4. The molecule has 2 rings (SSSR count). The molecule has 0 saturated carbocycles. The highest BCUT2D eigenvalue weighted by atomic mass is 35.5. The van der Waals surface area contributed by atoms with Gasteiger partial charge in [0.2, 0.25) is 0 Å². The van der Waals surface area contributed by atoms with Crippen molar-refractivity contribution in [3.8, 4) is 16.9 Å². The Bertz CT molecular complexity index is 640. The van der Waals surface area contributed by atoms with Gasteiger partial charge in [-0.3, -0.25) is 4.79 Å². The van der Waals surface area contributed by atoms with E-state index in [0.29, 0.717) is 0 Å². The van der Waals surface area contributed by atoms with Gasteiger partial charge in [0.15, 0.2) is 5.78 Å². The summed E-state index contributed by atoms with van der Waals surface area (Å²) in [5.74, 6) is -0.277. The maximum Gasteiger partial charge on any atom is 0.171 e. The molecular formula is C17H17ClO2. The van der Waals surface area contributed by atoms with Gasteiger partial charge in [-0.25, -0.2) is 0 Å². The van der Waals surface area contributed by atoms with Crippen LogP contribution in [0.2, 0.25) is 5.02 Å². The van der Waals surface area contributed by atoms with Gasteiger partial charge in [-0.15, -0.1) is 0 Å². The number of halogens is 1. The van der Waals surface area contributed by atoms with Crippen LogP contribution >= 0.6 is 11.6 Å². The van der Waals surface area contributed by atoms with Crippen molar-refractivity contribution in [3.63, 3.8) is 0 Å². The highest BCUT2D eigenvalue weighted by molar-refractivity contribution is 6.33. The molecule has 2 aromatic carbocycles. The lowest BCUT2D eigenvalue weighted by Crippen LogP contribution is -2.20. The number of rotatable bonds is 2. The maximum absolute atomic E-state index is 12.4. The minimum atomic E-state index is -0.573. The molecule has 0 spiro atoms.